The van der Waals surface area contributed by atoms with Crippen LogP contribution in [0.3, 0.4) is 0 Å². The Kier molecular flexibility index (Phi) is 6.41. The molecule has 0 spiro atoms. The average molecular weight is 414 g/mol. The molecule has 4 N–H and O–H groups in total. The first kappa shape index (κ1) is 21.0. The number of aromatic nitrogens is 1. The number of carbonyl (C=O) groups excluding carboxylic acids is 3. The second-order valence-corrected chi connectivity index (χ2v) is 6.71. The van der Waals surface area contributed by atoms with E-state index in [2.05, 4.69) is 20.9 Å². The third kappa shape index (κ3) is 5.19. The van der Waals surface area contributed by atoms with Gasteiger partial charge in [-0.2, -0.15) is 0 Å². The van der Waals surface area contributed by atoms with Gasteiger partial charge in [-0.3, -0.25) is 14.4 Å². The summed E-state index contributed by atoms with van der Waals surface area (Å²) in [6.07, 6.45) is 1.99. The van der Waals surface area contributed by atoms with Crippen molar-refractivity contribution in [1.82, 2.24) is 15.6 Å². The molecule has 1 unspecified atom stereocenters. The Bertz CT molecular complexity index is 1100. The zero-order valence-corrected chi connectivity index (χ0v) is 16.1. The zero-order chi connectivity index (χ0) is 21.7. The molecule has 0 aliphatic carbocycles. The first-order chi connectivity index (χ1) is 14.3. The fourth-order valence-electron chi connectivity index (χ4n) is 3.04. The van der Waals surface area contributed by atoms with Gasteiger partial charge < -0.3 is 20.9 Å². The van der Waals surface area contributed by atoms with E-state index in [1.165, 1.54) is 13.0 Å². The number of carbonyl (C=O) groups is 3. The Labute approximate surface area is 170 Å². The van der Waals surface area contributed by atoms with Gasteiger partial charge in [0.1, 0.15) is 6.04 Å². The number of aromatic amines is 1. The molecule has 0 aliphatic rings. The van der Waals surface area contributed by atoms with E-state index in [4.69, 9.17) is 0 Å². The molecule has 9 heteroatoms. The zero-order valence-electron chi connectivity index (χ0n) is 16.1. The van der Waals surface area contributed by atoms with Crippen molar-refractivity contribution in [3.8, 4) is 0 Å². The Morgan fingerprint density at radius 2 is 1.83 bits per heavy atom. The average Bonchev–Trinajstić information content (AvgIpc) is 3.11. The van der Waals surface area contributed by atoms with E-state index in [0.29, 0.717) is 0 Å². The lowest BCUT2D eigenvalue weighted by atomic mass is 10.0. The topological polar surface area (TPSA) is 103 Å². The number of H-pyrrole nitrogens is 1. The number of amides is 3. The van der Waals surface area contributed by atoms with Gasteiger partial charge in [-0.05, 0) is 23.8 Å². The molecule has 0 saturated carbocycles. The lowest BCUT2D eigenvalue weighted by molar-refractivity contribution is -0.129. The number of hydrogen-bond donors (Lipinski definition) is 4. The van der Waals surface area contributed by atoms with Crippen LogP contribution in [0.25, 0.3) is 10.9 Å². The van der Waals surface area contributed by atoms with Crippen LogP contribution < -0.4 is 16.0 Å². The summed E-state index contributed by atoms with van der Waals surface area (Å²) in [6.45, 7) is 0.896. The number of nitrogens with one attached hydrogen (secondary N) is 4. The van der Waals surface area contributed by atoms with Crippen molar-refractivity contribution in [3.63, 3.8) is 0 Å². The lowest BCUT2D eigenvalue weighted by Gasteiger charge is -2.17. The fourth-order valence-corrected chi connectivity index (χ4v) is 3.04. The van der Waals surface area contributed by atoms with Gasteiger partial charge in [0.05, 0.1) is 6.54 Å². The summed E-state index contributed by atoms with van der Waals surface area (Å²) in [4.78, 5) is 39.2. The summed E-state index contributed by atoms with van der Waals surface area (Å²) in [5.41, 5.74) is 1.80. The number of benzene rings is 2. The van der Waals surface area contributed by atoms with E-state index in [1.807, 2.05) is 24.3 Å². The highest BCUT2D eigenvalue weighted by Crippen LogP contribution is 2.19. The quantitative estimate of drug-likeness (QED) is 0.477. The molecular weight excluding hydrogens is 394 g/mol. The molecule has 156 valence electrons. The second kappa shape index (κ2) is 9.17. The Hall–Kier alpha value is -3.75. The van der Waals surface area contributed by atoms with Gasteiger partial charge in [-0.1, -0.05) is 18.2 Å². The van der Waals surface area contributed by atoms with Gasteiger partial charge in [0.25, 0.3) is 0 Å². The maximum Gasteiger partial charge on any atom is 0.243 e. The number of para-hydroxylation sites is 1. The highest BCUT2D eigenvalue weighted by Gasteiger charge is 2.22. The fraction of sp³-hybridized carbons (Fsp3) is 0.190. The van der Waals surface area contributed by atoms with E-state index >= 15 is 0 Å². The number of hydrogen-bond acceptors (Lipinski definition) is 3. The van der Waals surface area contributed by atoms with Crippen molar-refractivity contribution in [1.29, 1.82) is 0 Å². The largest absolute Gasteiger partial charge is 0.361 e. The van der Waals surface area contributed by atoms with Crippen LogP contribution in [0.4, 0.5) is 14.5 Å². The van der Waals surface area contributed by atoms with Gasteiger partial charge in [-0.25, -0.2) is 8.78 Å². The lowest BCUT2D eigenvalue weighted by Crippen LogP contribution is -2.49. The van der Waals surface area contributed by atoms with Crippen molar-refractivity contribution in [2.45, 2.75) is 19.4 Å². The van der Waals surface area contributed by atoms with Crippen molar-refractivity contribution >= 4 is 34.3 Å². The van der Waals surface area contributed by atoms with Crippen molar-refractivity contribution in [3.05, 3.63) is 65.9 Å². The predicted octanol–water partition coefficient (Wildman–Crippen LogP) is 2.25. The van der Waals surface area contributed by atoms with Crippen LogP contribution in [0.2, 0.25) is 0 Å². The minimum atomic E-state index is -1.10. The Morgan fingerprint density at radius 1 is 1.07 bits per heavy atom. The van der Waals surface area contributed by atoms with Gasteiger partial charge in [0, 0.05) is 42.2 Å². The molecule has 0 radical (unpaired) electrons. The minimum absolute atomic E-state index is 0.0605. The molecular formula is C21H20F2N4O3. The molecule has 0 saturated heterocycles. The normalized spacial score (nSPS) is 11.7. The molecule has 7 nitrogen and oxygen atoms in total. The predicted molar refractivity (Wildman–Crippen MR) is 108 cm³/mol. The highest BCUT2D eigenvalue weighted by molar-refractivity contribution is 5.96. The van der Waals surface area contributed by atoms with Crippen LogP contribution in [-0.4, -0.2) is 35.3 Å². The molecule has 30 heavy (non-hydrogen) atoms. The SMILES string of the molecule is CC(=O)NC(Cc1c[nH]c2ccccc12)C(=O)NCC(=O)Nc1ccc(F)c(F)c1. The van der Waals surface area contributed by atoms with Crippen LogP contribution >= 0.6 is 0 Å². The maximum atomic E-state index is 13.2. The molecule has 3 amide bonds. The molecule has 3 rings (SSSR count). The Morgan fingerprint density at radius 3 is 2.57 bits per heavy atom. The minimum Gasteiger partial charge on any atom is -0.361 e. The van der Waals surface area contributed by atoms with E-state index in [9.17, 15) is 23.2 Å². The molecule has 3 aromatic rings. The highest BCUT2D eigenvalue weighted by atomic mass is 19.2. The van der Waals surface area contributed by atoms with Crippen molar-refractivity contribution in [2.24, 2.45) is 0 Å². The van der Waals surface area contributed by atoms with Gasteiger partial charge in [0.15, 0.2) is 11.6 Å². The molecule has 0 aliphatic heterocycles. The third-order valence-electron chi connectivity index (χ3n) is 4.42. The third-order valence-corrected chi connectivity index (χ3v) is 4.42. The summed E-state index contributed by atoms with van der Waals surface area (Å²) < 4.78 is 26.2. The van der Waals surface area contributed by atoms with Crippen LogP contribution in [0.5, 0.6) is 0 Å². The van der Waals surface area contributed by atoms with Crippen LogP contribution in [0, 0.1) is 11.6 Å². The first-order valence-corrected chi connectivity index (χ1v) is 9.18. The maximum absolute atomic E-state index is 13.2. The summed E-state index contributed by atoms with van der Waals surface area (Å²) >= 11 is 0. The second-order valence-electron chi connectivity index (χ2n) is 6.71. The van der Waals surface area contributed by atoms with Gasteiger partial charge in [-0.15, -0.1) is 0 Å². The van der Waals surface area contributed by atoms with E-state index < -0.39 is 36.0 Å². The summed E-state index contributed by atoms with van der Waals surface area (Å²) in [5.74, 6) is -3.68. The van der Waals surface area contributed by atoms with Gasteiger partial charge >= 0.3 is 0 Å². The van der Waals surface area contributed by atoms with E-state index in [0.717, 1.165) is 28.6 Å². The molecule has 1 atom stereocenters. The Balaban J connectivity index is 1.62. The molecule has 2 aromatic carbocycles. The van der Waals surface area contributed by atoms with Crippen LogP contribution in [0.1, 0.15) is 12.5 Å². The molecule has 0 fully saturated rings. The number of halogens is 2. The number of rotatable bonds is 7. The molecule has 1 aromatic heterocycles. The summed E-state index contributed by atoms with van der Waals surface area (Å²) in [5, 5.41) is 8.32. The first-order valence-electron chi connectivity index (χ1n) is 9.18. The monoisotopic (exact) mass is 414 g/mol. The standard InChI is InChI=1S/C21H20F2N4O3/c1-12(28)26-19(8-13-10-24-18-5-3-2-4-15(13)18)21(30)25-11-20(29)27-14-6-7-16(22)17(23)9-14/h2-7,9-10,19,24H,8,11H2,1H3,(H,25,30)(H,26,28)(H,27,29). The smallest absolute Gasteiger partial charge is 0.243 e. The van der Waals surface area contributed by atoms with Crippen molar-refractivity contribution < 1.29 is 23.2 Å². The summed E-state index contributed by atoms with van der Waals surface area (Å²) in [6, 6.07) is 9.59. The van der Waals surface area contributed by atoms with Gasteiger partial charge in [0.2, 0.25) is 17.7 Å². The van der Waals surface area contributed by atoms with E-state index in [-0.39, 0.29) is 18.0 Å². The van der Waals surface area contributed by atoms with E-state index in [1.54, 1.807) is 6.20 Å². The van der Waals surface area contributed by atoms with Crippen LogP contribution in [-0.2, 0) is 20.8 Å². The van der Waals surface area contributed by atoms with Crippen molar-refractivity contribution in [2.75, 3.05) is 11.9 Å². The van der Waals surface area contributed by atoms with Crippen LogP contribution in [0.15, 0.2) is 48.7 Å². The molecule has 1 heterocycles. The number of anilines is 1. The number of fused-ring (bicyclic) bond motifs is 1. The summed E-state index contributed by atoms with van der Waals surface area (Å²) in [7, 11) is 0. The molecule has 0 bridgehead atoms.